The molecule has 4 bridgehead atoms. The van der Waals surface area contributed by atoms with Crippen LogP contribution in [0, 0.1) is 29.1 Å². The predicted octanol–water partition coefficient (Wildman–Crippen LogP) is 3.03. The van der Waals surface area contributed by atoms with Crippen molar-refractivity contribution in [3.8, 4) is 0 Å². The number of carbonyl (C=O) groups is 1. The van der Waals surface area contributed by atoms with Gasteiger partial charge in [-0.2, -0.15) is 0 Å². The molecule has 1 atom stereocenters. The minimum absolute atomic E-state index is 0.0343. The number of fused-ring (bicyclic) bond motifs is 1. The van der Waals surface area contributed by atoms with Crippen molar-refractivity contribution in [2.24, 2.45) is 29.1 Å². The van der Waals surface area contributed by atoms with Crippen molar-refractivity contribution >= 4 is 11.7 Å². The van der Waals surface area contributed by atoms with Crippen molar-refractivity contribution in [3.05, 3.63) is 17.6 Å². The molecule has 1 aromatic rings. The molecule has 1 unspecified atom stereocenters. The summed E-state index contributed by atoms with van der Waals surface area (Å²) in [5.41, 5.74) is 2.74. The van der Waals surface area contributed by atoms with E-state index in [0.29, 0.717) is 25.2 Å². The van der Waals surface area contributed by atoms with E-state index >= 15 is 0 Å². The standard InChI is InChI=1S/C23H32N4O2/c28-22(18-2-4-29-12-18)27-3-1-19-20(11-27)25-14-26-21(19)24-13-23-8-15-5-16(9-23)7-17(6-15)10-23/h14-18H,1-13H2,(H,24,25,26). The lowest BCUT2D eigenvalue weighted by Gasteiger charge is -2.57. The summed E-state index contributed by atoms with van der Waals surface area (Å²) >= 11 is 0. The van der Waals surface area contributed by atoms with Gasteiger partial charge in [-0.15, -0.1) is 0 Å². The van der Waals surface area contributed by atoms with E-state index in [9.17, 15) is 4.79 Å². The average Bonchev–Trinajstić information content (AvgIpc) is 3.25. The SMILES string of the molecule is O=C(C1CCOC1)N1CCc2c(ncnc2NCC23CC4CC(CC(C4)C2)C3)C1. The first-order chi connectivity index (χ1) is 14.2. The lowest BCUT2D eigenvalue weighted by Crippen LogP contribution is -2.49. The summed E-state index contributed by atoms with van der Waals surface area (Å²) in [6, 6.07) is 0. The van der Waals surface area contributed by atoms with Crippen LogP contribution < -0.4 is 5.32 Å². The third-order valence-electron chi connectivity index (χ3n) is 8.39. The minimum Gasteiger partial charge on any atom is -0.381 e. The third kappa shape index (κ3) is 3.24. The van der Waals surface area contributed by atoms with Crippen molar-refractivity contribution in [1.29, 1.82) is 0 Å². The molecule has 4 aliphatic carbocycles. The first kappa shape index (κ1) is 18.1. The summed E-state index contributed by atoms with van der Waals surface area (Å²) < 4.78 is 5.41. The van der Waals surface area contributed by atoms with Crippen LogP contribution in [0.2, 0.25) is 0 Å². The largest absolute Gasteiger partial charge is 0.381 e. The van der Waals surface area contributed by atoms with Gasteiger partial charge in [0.1, 0.15) is 12.1 Å². The molecule has 1 amide bonds. The summed E-state index contributed by atoms with van der Waals surface area (Å²) in [7, 11) is 0. The first-order valence-corrected chi connectivity index (χ1v) is 11.6. The van der Waals surface area contributed by atoms with Crippen LogP contribution in [0.25, 0.3) is 0 Å². The second-order valence-corrected chi connectivity index (χ2v) is 10.5. The molecule has 3 heterocycles. The van der Waals surface area contributed by atoms with Crippen LogP contribution in [0.15, 0.2) is 6.33 Å². The van der Waals surface area contributed by atoms with Crippen molar-refractivity contribution in [3.63, 3.8) is 0 Å². The molecule has 1 aromatic heterocycles. The zero-order valence-corrected chi connectivity index (χ0v) is 17.2. The highest BCUT2D eigenvalue weighted by molar-refractivity contribution is 5.79. The Bertz CT molecular complexity index is 769. The number of hydrogen-bond donors (Lipinski definition) is 1. The van der Waals surface area contributed by atoms with Crippen molar-refractivity contribution in [2.75, 3.05) is 31.6 Å². The van der Waals surface area contributed by atoms with Crippen molar-refractivity contribution in [2.45, 2.75) is 57.9 Å². The molecule has 29 heavy (non-hydrogen) atoms. The lowest BCUT2D eigenvalue weighted by molar-refractivity contribution is -0.136. The molecule has 6 heteroatoms. The Kier molecular flexibility index (Phi) is 4.33. The van der Waals surface area contributed by atoms with E-state index in [-0.39, 0.29) is 11.8 Å². The van der Waals surface area contributed by atoms with Gasteiger partial charge in [0.2, 0.25) is 5.91 Å². The Balaban J connectivity index is 1.15. The summed E-state index contributed by atoms with van der Waals surface area (Å²) in [6.45, 7) is 3.72. The molecule has 6 nitrogen and oxygen atoms in total. The number of carbonyl (C=O) groups excluding carboxylic acids is 1. The fraction of sp³-hybridized carbons (Fsp3) is 0.783. The third-order valence-corrected chi connectivity index (χ3v) is 8.39. The number of amides is 1. The Hall–Kier alpha value is -1.69. The highest BCUT2D eigenvalue weighted by Crippen LogP contribution is 2.59. The predicted molar refractivity (Wildman–Crippen MR) is 109 cm³/mol. The smallest absolute Gasteiger partial charge is 0.228 e. The molecule has 5 fully saturated rings. The van der Waals surface area contributed by atoms with Crippen molar-refractivity contribution in [1.82, 2.24) is 14.9 Å². The summed E-state index contributed by atoms with van der Waals surface area (Å²) in [4.78, 5) is 23.9. The number of nitrogens with one attached hydrogen (secondary N) is 1. The number of hydrogen-bond acceptors (Lipinski definition) is 5. The lowest BCUT2D eigenvalue weighted by atomic mass is 9.49. The van der Waals surface area contributed by atoms with Gasteiger partial charge in [-0.05, 0) is 74.5 Å². The van der Waals surface area contributed by atoms with Crippen LogP contribution in [0.3, 0.4) is 0 Å². The quantitative estimate of drug-likeness (QED) is 0.847. The summed E-state index contributed by atoms with van der Waals surface area (Å²) in [5, 5.41) is 3.75. The average molecular weight is 397 g/mol. The number of aromatic nitrogens is 2. The van der Waals surface area contributed by atoms with Crippen LogP contribution in [-0.4, -0.2) is 47.1 Å². The molecule has 1 saturated heterocycles. The number of ether oxygens (including phenoxy) is 1. The maximum Gasteiger partial charge on any atom is 0.228 e. The molecular formula is C23H32N4O2. The monoisotopic (exact) mass is 396 g/mol. The number of rotatable bonds is 4. The van der Waals surface area contributed by atoms with E-state index in [4.69, 9.17) is 4.74 Å². The van der Waals surface area contributed by atoms with Crippen LogP contribution in [-0.2, 0) is 22.5 Å². The molecule has 4 saturated carbocycles. The Labute approximate surface area is 172 Å². The maximum atomic E-state index is 12.8. The molecule has 7 rings (SSSR count). The van der Waals surface area contributed by atoms with Crippen LogP contribution >= 0.6 is 0 Å². The van der Waals surface area contributed by atoms with Gasteiger partial charge in [-0.3, -0.25) is 4.79 Å². The number of anilines is 1. The molecule has 2 aliphatic heterocycles. The highest BCUT2D eigenvalue weighted by Gasteiger charge is 2.50. The highest BCUT2D eigenvalue weighted by atomic mass is 16.5. The van der Waals surface area contributed by atoms with Crippen LogP contribution in [0.1, 0.15) is 56.2 Å². The topological polar surface area (TPSA) is 67.3 Å². The number of nitrogens with zero attached hydrogens (tertiary/aromatic N) is 3. The molecule has 6 aliphatic rings. The van der Waals surface area contributed by atoms with E-state index in [2.05, 4.69) is 15.3 Å². The van der Waals surface area contributed by atoms with Gasteiger partial charge in [0, 0.05) is 25.3 Å². The van der Waals surface area contributed by atoms with Crippen LogP contribution in [0.4, 0.5) is 5.82 Å². The molecule has 0 aromatic carbocycles. The maximum absolute atomic E-state index is 12.8. The molecular weight excluding hydrogens is 364 g/mol. The minimum atomic E-state index is 0.0343. The summed E-state index contributed by atoms with van der Waals surface area (Å²) in [6.07, 6.45) is 12.0. The second-order valence-electron chi connectivity index (χ2n) is 10.5. The van der Waals surface area contributed by atoms with Gasteiger partial charge in [0.15, 0.2) is 0 Å². The van der Waals surface area contributed by atoms with Gasteiger partial charge >= 0.3 is 0 Å². The Morgan fingerprint density at radius 1 is 1.17 bits per heavy atom. The summed E-state index contributed by atoms with van der Waals surface area (Å²) in [5.74, 6) is 4.20. The molecule has 1 N–H and O–H groups in total. The van der Waals surface area contributed by atoms with E-state index in [1.54, 1.807) is 6.33 Å². The van der Waals surface area contributed by atoms with Gasteiger partial charge in [-0.25, -0.2) is 9.97 Å². The molecule has 0 radical (unpaired) electrons. The normalized spacial score (nSPS) is 37.6. The van der Waals surface area contributed by atoms with Gasteiger partial charge in [0.05, 0.1) is 24.8 Å². The van der Waals surface area contributed by atoms with E-state index in [1.165, 1.54) is 44.1 Å². The molecule has 0 spiro atoms. The first-order valence-electron chi connectivity index (χ1n) is 11.6. The zero-order chi connectivity index (χ0) is 19.4. The fourth-order valence-corrected chi connectivity index (χ4v) is 7.46. The Morgan fingerprint density at radius 2 is 1.93 bits per heavy atom. The van der Waals surface area contributed by atoms with Gasteiger partial charge in [0.25, 0.3) is 0 Å². The zero-order valence-electron chi connectivity index (χ0n) is 17.2. The van der Waals surface area contributed by atoms with E-state index in [1.807, 2.05) is 4.90 Å². The van der Waals surface area contributed by atoms with E-state index in [0.717, 1.165) is 55.2 Å². The fourth-order valence-electron chi connectivity index (χ4n) is 7.46. The molecule has 156 valence electrons. The van der Waals surface area contributed by atoms with Gasteiger partial charge in [-0.1, -0.05) is 0 Å². The Morgan fingerprint density at radius 3 is 2.62 bits per heavy atom. The van der Waals surface area contributed by atoms with Gasteiger partial charge < -0.3 is 15.0 Å². The van der Waals surface area contributed by atoms with Crippen LogP contribution in [0.5, 0.6) is 0 Å². The van der Waals surface area contributed by atoms with Crippen molar-refractivity contribution < 1.29 is 9.53 Å². The second kappa shape index (κ2) is 6.93. The van der Waals surface area contributed by atoms with E-state index < -0.39 is 0 Å².